The molecule has 136 valence electrons. The van der Waals surface area contributed by atoms with Crippen LogP contribution in [0.15, 0.2) is 48.5 Å². The first-order valence-corrected chi connectivity index (χ1v) is 9.23. The van der Waals surface area contributed by atoms with Crippen molar-refractivity contribution in [3.63, 3.8) is 0 Å². The van der Waals surface area contributed by atoms with Crippen molar-refractivity contribution < 1.29 is 9.53 Å². The van der Waals surface area contributed by atoms with E-state index in [1.807, 2.05) is 0 Å². The number of hydrogen-bond acceptors (Lipinski definition) is 4. The molecule has 5 heteroatoms. The van der Waals surface area contributed by atoms with E-state index in [-0.39, 0.29) is 6.61 Å². The molecule has 2 aliphatic rings. The van der Waals surface area contributed by atoms with E-state index >= 15 is 0 Å². The van der Waals surface area contributed by atoms with E-state index in [9.17, 15) is 4.79 Å². The van der Waals surface area contributed by atoms with Crippen molar-refractivity contribution in [1.82, 2.24) is 4.90 Å². The van der Waals surface area contributed by atoms with Crippen molar-refractivity contribution >= 4 is 11.6 Å². The van der Waals surface area contributed by atoms with Crippen LogP contribution in [-0.4, -0.2) is 50.2 Å². The second kappa shape index (κ2) is 7.48. The SMILES string of the molecule is NC(=O)COCCN1CCN2c3ccccc3Cc3ccccc3C2C1. The summed E-state index contributed by atoms with van der Waals surface area (Å²) in [7, 11) is 0. The van der Waals surface area contributed by atoms with Gasteiger partial charge in [-0.1, -0.05) is 42.5 Å². The number of carbonyl (C=O) groups is 1. The number of amides is 1. The summed E-state index contributed by atoms with van der Waals surface area (Å²) in [6.45, 7) is 4.30. The third-order valence-corrected chi connectivity index (χ3v) is 5.36. The van der Waals surface area contributed by atoms with Crippen LogP contribution in [0.4, 0.5) is 5.69 Å². The predicted octanol–water partition coefficient (Wildman–Crippen LogP) is 1.96. The fourth-order valence-corrected chi connectivity index (χ4v) is 4.13. The zero-order chi connectivity index (χ0) is 17.9. The zero-order valence-electron chi connectivity index (χ0n) is 14.9. The molecule has 2 aromatic carbocycles. The number of piperazine rings is 1. The van der Waals surface area contributed by atoms with Crippen LogP contribution >= 0.6 is 0 Å². The molecule has 1 fully saturated rings. The van der Waals surface area contributed by atoms with Gasteiger partial charge in [-0.05, 0) is 29.2 Å². The van der Waals surface area contributed by atoms with Crippen molar-refractivity contribution in [2.24, 2.45) is 5.73 Å². The number of nitrogens with zero attached hydrogens (tertiary/aromatic N) is 2. The monoisotopic (exact) mass is 351 g/mol. The summed E-state index contributed by atoms with van der Waals surface area (Å²) in [4.78, 5) is 15.8. The van der Waals surface area contributed by atoms with Crippen LogP contribution in [0.5, 0.6) is 0 Å². The Morgan fingerprint density at radius 3 is 2.69 bits per heavy atom. The van der Waals surface area contributed by atoms with Crippen LogP contribution < -0.4 is 10.6 Å². The minimum Gasteiger partial charge on any atom is -0.370 e. The van der Waals surface area contributed by atoms with Crippen molar-refractivity contribution in [2.45, 2.75) is 12.5 Å². The maximum Gasteiger partial charge on any atom is 0.243 e. The van der Waals surface area contributed by atoms with Gasteiger partial charge in [0.05, 0.1) is 12.6 Å². The summed E-state index contributed by atoms with van der Waals surface area (Å²) < 4.78 is 5.35. The summed E-state index contributed by atoms with van der Waals surface area (Å²) >= 11 is 0. The highest BCUT2D eigenvalue weighted by atomic mass is 16.5. The number of benzene rings is 2. The summed E-state index contributed by atoms with van der Waals surface area (Å²) in [5, 5.41) is 0. The molecule has 5 nitrogen and oxygen atoms in total. The average Bonchev–Trinajstić information content (AvgIpc) is 2.79. The number of nitrogens with two attached hydrogens (primary N) is 1. The molecule has 1 amide bonds. The molecule has 1 unspecified atom stereocenters. The van der Waals surface area contributed by atoms with Gasteiger partial charge in [0.15, 0.2) is 0 Å². The molecule has 2 aliphatic heterocycles. The molecule has 0 saturated carbocycles. The molecular weight excluding hydrogens is 326 g/mol. The molecule has 0 aliphatic carbocycles. The highest BCUT2D eigenvalue weighted by Crippen LogP contribution is 2.38. The van der Waals surface area contributed by atoms with Crippen molar-refractivity contribution in [1.29, 1.82) is 0 Å². The van der Waals surface area contributed by atoms with E-state index in [2.05, 4.69) is 58.3 Å². The van der Waals surface area contributed by atoms with Crippen LogP contribution in [-0.2, 0) is 16.0 Å². The molecule has 2 N–H and O–H groups in total. The van der Waals surface area contributed by atoms with Crippen LogP contribution in [0.1, 0.15) is 22.7 Å². The molecule has 1 saturated heterocycles. The van der Waals surface area contributed by atoms with Gasteiger partial charge in [0.1, 0.15) is 6.61 Å². The molecule has 4 rings (SSSR count). The van der Waals surface area contributed by atoms with E-state index < -0.39 is 5.91 Å². The Labute approximate surface area is 154 Å². The molecule has 0 aromatic heterocycles. The first kappa shape index (κ1) is 17.1. The van der Waals surface area contributed by atoms with Crippen molar-refractivity contribution in [3.05, 3.63) is 65.2 Å². The van der Waals surface area contributed by atoms with E-state index in [0.717, 1.165) is 32.6 Å². The molecule has 0 radical (unpaired) electrons. The molecule has 0 bridgehead atoms. The number of para-hydroxylation sites is 1. The minimum atomic E-state index is -0.413. The van der Waals surface area contributed by atoms with Crippen LogP contribution in [0.3, 0.4) is 0 Å². The molecule has 1 atom stereocenters. The number of carbonyl (C=O) groups excluding carboxylic acids is 1. The Morgan fingerprint density at radius 2 is 1.85 bits per heavy atom. The Morgan fingerprint density at radius 1 is 1.08 bits per heavy atom. The number of primary amides is 1. The van der Waals surface area contributed by atoms with E-state index in [4.69, 9.17) is 10.5 Å². The van der Waals surface area contributed by atoms with Gasteiger partial charge >= 0.3 is 0 Å². The lowest BCUT2D eigenvalue weighted by Gasteiger charge is -2.43. The number of fused-ring (bicyclic) bond motifs is 5. The van der Waals surface area contributed by atoms with Gasteiger partial charge in [-0.15, -0.1) is 0 Å². The van der Waals surface area contributed by atoms with E-state index in [1.54, 1.807) is 0 Å². The average molecular weight is 351 g/mol. The largest absolute Gasteiger partial charge is 0.370 e. The van der Waals surface area contributed by atoms with Crippen molar-refractivity contribution in [2.75, 3.05) is 44.3 Å². The zero-order valence-corrected chi connectivity index (χ0v) is 14.9. The van der Waals surface area contributed by atoms with Crippen LogP contribution in [0.2, 0.25) is 0 Å². The predicted molar refractivity (Wildman–Crippen MR) is 102 cm³/mol. The van der Waals surface area contributed by atoms with Crippen molar-refractivity contribution in [3.8, 4) is 0 Å². The number of hydrogen-bond donors (Lipinski definition) is 1. The maximum absolute atomic E-state index is 10.8. The minimum absolute atomic E-state index is 0.000395. The molecule has 2 aromatic rings. The van der Waals surface area contributed by atoms with Gasteiger partial charge in [-0.3, -0.25) is 9.69 Å². The maximum atomic E-state index is 10.8. The highest BCUT2D eigenvalue weighted by Gasteiger charge is 2.32. The normalized spacial score (nSPS) is 19.2. The topological polar surface area (TPSA) is 58.8 Å². The van der Waals surface area contributed by atoms with Gasteiger partial charge in [-0.2, -0.15) is 0 Å². The summed E-state index contributed by atoms with van der Waals surface area (Å²) in [6, 6.07) is 17.9. The Balaban J connectivity index is 1.55. The van der Waals surface area contributed by atoms with E-state index in [1.165, 1.54) is 22.4 Å². The lowest BCUT2D eigenvalue weighted by molar-refractivity contribution is -0.122. The molecule has 2 heterocycles. The Hall–Kier alpha value is -2.37. The molecule has 0 spiro atoms. The number of rotatable bonds is 5. The lowest BCUT2D eigenvalue weighted by atomic mass is 9.96. The summed E-state index contributed by atoms with van der Waals surface area (Å²) in [6.07, 6.45) is 0.987. The lowest BCUT2D eigenvalue weighted by Crippen LogP contribution is -2.49. The second-order valence-electron chi connectivity index (χ2n) is 7.03. The molecule has 26 heavy (non-hydrogen) atoms. The third kappa shape index (κ3) is 3.45. The summed E-state index contributed by atoms with van der Waals surface area (Å²) in [5.74, 6) is -0.413. The number of anilines is 1. The highest BCUT2D eigenvalue weighted by molar-refractivity contribution is 5.74. The first-order valence-electron chi connectivity index (χ1n) is 9.23. The Kier molecular flexibility index (Phi) is 4.91. The van der Waals surface area contributed by atoms with Gasteiger partial charge < -0.3 is 15.4 Å². The quantitative estimate of drug-likeness (QED) is 0.837. The Bertz CT molecular complexity index is 792. The first-order chi connectivity index (χ1) is 12.7. The number of ether oxygens (including phenoxy) is 1. The fraction of sp³-hybridized carbons (Fsp3) is 0.381. The van der Waals surface area contributed by atoms with Gasteiger partial charge in [0, 0.05) is 31.9 Å². The van der Waals surface area contributed by atoms with Gasteiger partial charge in [0.2, 0.25) is 5.91 Å². The summed E-state index contributed by atoms with van der Waals surface area (Å²) in [5.41, 5.74) is 10.7. The van der Waals surface area contributed by atoms with Crippen LogP contribution in [0.25, 0.3) is 0 Å². The van der Waals surface area contributed by atoms with Gasteiger partial charge in [-0.25, -0.2) is 0 Å². The van der Waals surface area contributed by atoms with Crippen LogP contribution in [0, 0.1) is 0 Å². The third-order valence-electron chi connectivity index (χ3n) is 5.36. The smallest absolute Gasteiger partial charge is 0.243 e. The molecular formula is C21H25N3O2. The van der Waals surface area contributed by atoms with E-state index in [0.29, 0.717) is 12.6 Å². The second-order valence-corrected chi connectivity index (χ2v) is 7.03. The fourth-order valence-electron chi connectivity index (χ4n) is 4.13. The van der Waals surface area contributed by atoms with Gasteiger partial charge in [0.25, 0.3) is 0 Å². The standard InChI is InChI=1S/C21H25N3O2/c22-21(25)15-26-12-11-23-9-10-24-19-8-4-2-6-17(19)13-16-5-1-3-7-18(16)20(24)14-23/h1-8,20H,9-15H2,(H2,22,25).